The molecule has 0 aromatic heterocycles. The van der Waals surface area contributed by atoms with Crippen molar-refractivity contribution in [2.75, 3.05) is 64.4 Å². The minimum atomic E-state index is -0.166. The highest BCUT2D eigenvalue weighted by atomic mass is 16.5. The Morgan fingerprint density at radius 3 is 2.48 bits per heavy atom. The molecule has 160 valence electrons. The molecule has 6 heteroatoms. The summed E-state index contributed by atoms with van der Waals surface area (Å²) < 4.78 is 10.9. The maximum absolute atomic E-state index is 12.5. The molecule has 0 radical (unpaired) electrons. The monoisotopic (exact) mass is 401 g/mol. The molecule has 1 amide bonds. The van der Waals surface area contributed by atoms with E-state index in [1.807, 2.05) is 17.0 Å². The molecule has 0 spiro atoms. The highest BCUT2D eigenvalue weighted by Crippen LogP contribution is 2.24. The van der Waals surface area contributed by atoms with E-state index in [1.54, 1.807) is 7.11 Å². The second-order valence-corrected chi connectivity index (χ2v) is 8.61. The van der Waals surface area contributed by atoms with Gasteiger partial charge in [-0.25, -0.2) is 0 Å². The zero-order valence-corrected chi connectivity index (χ0v) is 17.7. The van der Waals surface area contributed by atoms with E-state index in [1.165, 1.54) is 25.2 Å². The number of methoxy groups -OCH3 is 1. The second kappa shape index (κ2) is 9.81. The molecule has 0 saturated carbocycles. The first-order valence-electron chi connectivity index (χ1n) is 11.2. The summed E-state index contributed by atoms with van der Waals surface area (Å²) in [4.78, 5) is 19.7. The van der Waals surface area contributed by atoms with E-state index in [0.717, 1.165) is 70.8 Å². The fourth-order valence-electron chi connectivity index (χ4n) is 4.88. The zero-order valence-electron chi connectivity index (χ0n) is 17.7. The molecule has 3 aliphatic heterocycles. The molecule has 0 N–H and O–H groups in total. The van der Waals surface area contributed by atoms with Gasteiger partial charge in [-0.1, -0.05) is 0 Å². The number of anilines is 1. The van der Waals surface area contributed by atoms with Crippen molar-refractivity contribution in [3.63, 3.8) is 0 Å². The molecular weight excluding hydrogens is 366 g/mol. The summed E-state index contributed by atoms with van der Waals surface area (Å²) in [5.74, 6) is 1.84. The van der Waals surface area contributed by atoms with Crippen LogP contribution in [-0.4, -0.2) is 81.3 Å². The molecule has 3 heterocycles. The normalized spacial score (nSPS) is 24.5. The molecule has 29 heavy (non-hydrogen) atoms. The maximum Gasteiger partial charge on any atom is 0.251 e. The van der Waals surface area contributed by atoms with Gasteiger partial charge in [0.2, 0.25) is 0 Å². The quantitative estimate of drug-likeness (QED) is 0.759. The van der Waals surface area contributed by atoms with Gasteiger partial charge in [0.05, 0.1) is 7.11 Å². The van der Waals surface area contributed by atoms with Gasteiger partial charge in [-0.05, 0) is 68.8 Å². The number of benzene rings is 1. The lowest BCUT2D eigenvalue weighted by Crippen LogP contribution is -2.45. The molecule has 0 bridgehead atoms. The lowest BCUT2D eigenvalue weighted by molar-refractivity contribution is -0.142. The van der Waals surface area contributed by atoms with E-state index in [0.29, 0.717) is 5.92 Å². The van der Waals surface area contributed by atoms with Crippen molar-refractivity contribution in [2.45, 2.75) is 38.2 Å². The van der Waals surface area contributed by atoms with Crippen LogP contribution in [0.4, 0.5) is 5.69 Å². The fraction of sp³-hybridized carbons (Fsp3) is 0.696. The van der Waals surface area contributed by atoms with Gasteiger partial charge in [-0.2, -0.15) is 0 Å². The van der Waals surface area contributed by atoms with E-state index < -0.39 is 0 Å². The van der Waals surface area contributed by atoms with Crippen molar-refractivity contribution in [1.82, 2.24) is 9.80 Å². The van der Waals surface area contributed by atoms with Crippen molar-refractivity contribution < 1.29 is 14.3 Å². The first-order valence-corrected chi connectivity index (χ1v) is 11.2. The number of nitrogens with zero attached hydrogens (tertiary/aromatic N) is 3. The van der Waals surface area contributed by atoms with E-state index in [4.69, 9.17) is 9.47 Å². The number of ether oxygens (including phenoxy) is 2. The number of piperidine rings is 1. The standard InChI is InChI=1S/C23H35N3O3/c1-28-21-7-5-20(6-8-21)25-12-3-11-24(15-16-25)18-19-9-13-26(14-10-19)23(27)22-4-2-17-29-22/h5-8,19,22H,2-4,9-18H2,1H3. The summed E-state index contributed by atoms with van der Waals surface area (Å²) in [7, 11) is 1.71. The Morgan fingerprint density at radius 1 is 1.00 bits per heavy atom. The van der Waals surface area contributed by atoms with Crippen molar-refractivity contribution in [1.29, 1.82) is 0 Å². The number of amides is 1. The fourth-order valence-corrected chi connectivity index (χ4v) is 4.88. The largest absolute Gasteiger partial charge is 0.497 e. The summed E-state index contributed by atoms with van der Waals surface area (Å²) in [5.41, 5.74) is 1.29. The summed E-state index contributed by atoms with van der Waals surface area (Å²) in [6, 6.07) is 8.41. The van der Waals surface area contributed by atoms with E-state index >= 15 is 0 Å². The van der Waals surface area contributed by atoms with Crippen molar-refractivity contribution in [3.05, 3.63) is 24.3 Å². The van der Waals surface area contributed by atoms with Gasteiger partial charge < -0.3 is 24.2 Å². The topological polar surface area (TPSA) is 45.2 Å². The Morgan fingerprint density at radius 2 is 1.79 bits per heavy atom. The Hall–Kier alpha value is -1.79. The Kier molecular flexibility index (Phi) is 6.93. The predicted octanol–water partition coefficient (Wildman–Crippen LogP) is 2.62. The third kappa shape index (κ3) is 5.23. The van der Waals surface area contributed by atoms with E-state index in [9.17, 15) is 4.79 Å². The number of hydrogen-bond acceptors (Lipinski definition) is 5. The molecule has 1 atom stereocenters. The average molecular weight is 402 g/mol. The molecular formula is C23H35N3O3. The first-order chi connectivity index (χ1) is 14.2. The summed E-state index contributed by atoms with van der Waals surface area (Å²) in [5, 5.41) is 0. The Bertz CT molecular complexity index is 652. The Balaban J connectivity index is 1.22. The van der Waals surface area contributed by atoms with Crippen LogP contribution in [0.2, 0.25) is 0 Å². The third-order valence-corrected chi connectivity index (χ3v) is 6.67. The first kappa shape index (κ1) is 20.5. The molecule has 1 aromatic rings. The number of carbonyl (C=O) groups excluding carboxylic acids is 1. The molecule has 3 aliphatic rings. The maximum atomic E-state index is 12.5. The lowest BCUT2D eigenvalue weighted by Gasteiger charge is -2.35. The lowest BCUT2D eigenvalue weighted by atomic mass is 9.95. The number of carbonyl (C=O) groups is 1. The molecule has 1 aromatic carbocycles. The van der Waals surface area contributed by atoms with E-state index in [2.05, 4.69) is 21.9 Å². The second-order valence-electron chi connectivity index (χ2n) is 8.61. The summed E-state index contributed by atoms with van der Waals surface area (Å²) >= 11 is 0. The molecule has 0 aliphatic carbocycles. The van der Waals surface area contributed by atoms with Gasteiger partial charge >= 0.3 is 0 Å². The molecule has 1 unspecified atom stereocenters. The van der Waals surface area contributed by atoms with Crippen LogP contribution in [0.3, 0.4) is 0 Å². The SMILES string of the molecule is COc1ccc(N2CCCN(CC3CCN(C(=O)C4CCCO4)CC3)CC2)cc1. The molecule has 4 rings (SSSR count). The van der Waals surface area contributed by atoms with Crippen molar-refractivity contribution >= 4 is 11.6 Å². The van der Waals surface area contributed by atoms with Gasteiger partial charge in [0.15, 0.2) is 0 Å². The van der Waals surface area contributed by atoms with Crippen LogP contribution in [0, 0.1) is 5.92 Å². The molecule has 3 saturated heterocycles. The van der Waals surface area contributed by atoms with Gasteiger partial charge in [0, 0.05) is 51.6 Å². The highest BCUT2D eigenvalue weighted by Gasteiger charge is 2.31. The summed E-state index contributed by atoms with van der Waals surface area (Å²) in [6.45, 7) is 8.17. The van der Waals surface area contributed by atoms with Crippen LogP contribution in [0.25, 0.3) is 0 Å². The van der Waals surface area contributed by atoms with Gasteiger partial charge in [0.25, 0.3) is 5.91 Å². The average Bonchev–Trinajstić information content (AvgIpc) is 3.21. The van der Waals surface area contributed by atoms with Gasteiger partial charge in [-0.3, -0.25) is 4.79 Å². The van der Waals surface area contributed by atoms with Gasteiger partial charge in [-0.15, -0.1) is 0 Å². The van der Waals surface area contributed by atoms with Crippen LogP contribution in [0.5, 0.6) is 5.75 Å². The predicted molar refractivity (Wildman–Crippen MR) is 115 cm³/mol. The van der Waals surface area contributed by atoms with Crippen LogP contribution >= 0.6 is 0 Å². The summed E-state index contributed by atoms with van der Waals surface area (Å²) in [6.07, 6.45) is 5.20. The smallest absolute Gasteiger partial charge is 0.251 e. The van der Waals surface area contributed by atoms with Crippen molar-refractivity contribution in [2.24, 2.45) is 5.92 Å². The highest BCUT2D eigenvalue weighted by molar-refractivity contribution is 5.81. The van der Waals surface area contributed by atoms with Gasteiger partial charge in [0.1, 0.15) is 11.9 Å². The van der Waals surface area contributed by atoms with Crippen LogP contribution in [-0.2, 0) is 9.53 Å². The van der Waals surface area contributed by atoms with Crippen LogP contribution in [0.1, 0.15) is 32.1 Å². The number of rotatable bonds is 5. The number of likely N-dealkylation sites (tertiary alicyclic amines) is 1. The van der Waals surface area contributed by atoms with Crippen molar-refractivity contribution in [3.8, 4) is 5.75 Å². The Labute approximate surface area is 174 Å². The third-order valence-electron chi connectivity index (χ3n) is 6.67. The number of hydrogen-bond donors (Lipinski definition) is 0. The van der Waals surface area contributed by atoms with Crippen LogP contribution < -0.4 is 9.64 Å². The molecule has 6 nitrogen and oxygen atoms in total. The van der Waals surface area contributed by atoms with E-state index in [-0.39, 0.29) is 12.0 Å². The minimum absolute atomic E-state index is 0.166. The minimum Gasteiger partial charge on any atom is -0.497 e. The molecule has 3 fully saturated rings. The van der Waals surface area contributed by atoms with Crippen LogP contribution in [0.15, 0.2) is 24.3 Å². The zero-order chi connectivity index (χ0) is 20.1.